The van der Waals surface area contributed by atoms with Crippen molar-refractivity contribution in [2.24, 2.45) is 0 Å². The Bertz CT molecular complexity index is 998. The van der Waals surface area contributed by atoms with E-state index in [0.29, 0.717) is 11.4 Å². The molecule has 0 saturated carbocycles. The van der Waals surface area contributed by atoms with Gasteiger partial charge < -0.3 is 9.73 Å². The number of carbonyl (C=O) groups excluding carboxylic acids is 1. The van der Waals surface area contributed by atoms with Crippen LogP contribution in [0.3, 0.4) is 0 Å². The average molecular weight is 398 g/mol. The number of carbonyl (C=O) groups is 1. The number of nitrogens with zero attached hydrogens (tertiary/aromatic N) is 1. The molecule has 0 radical (unpaired) electrons. The molecule has 7 heteroatoms. The van der Waals surface area contributed by atoms with E-state index >= 15 is 0 Å². The van der Waals surface area contributed by atoms with Gasteiger partial charge in [0.1, 0.15) is 5.76 Å². The van der Waals surface area contributed by atoms with E-state index in [-0.39, 0.29) is 30.3 Å². The third-order valence-corrected chi connectivity index (χ3v) is 6.08. The third kappa shape index (κ3) is 4.80. The van der Waals surface area contributed by atoms with Crippen molar-refractivity contribution in [3.8, 4) is 0 Å². The predicted octanol–water partition coefficient (Wildman–Crippen LogP) is 3.49. The molecule has 0 unspecified atom stereocenters. The number of nitrogens with one attached hydrogen (secondary N) is 1. The van der Waals surface area contributed by atoms with Gasteiger partial charge in [-0.3, -0.25) is 9.10 Å². The van der Waals surface area contributed by atoms with E-state index in [9.17, 15) is 13.2 Å². The summed E-state index contributed by atoms with van der Waals surface area (Å²) in [6, 6.07) is 19.0. The molecule has 0 aliphatic rings. The van der Waals surface area contributed by atoms with Gasteiger partial charge in [0.2, 0.25) is 5.91 Å². The molecule has 146 valence electrons. The van der Waals surface area contributed by atoms with Crippen molar-refractivity contribution in [2.45, 2.75) is 24.8 Å². The van der Waals surface area contributed by atoms with E-state index in [1.165, 1.54) is 10.6 Å². The van der Waals surface area contributed by atoms with Crippen LogP contribution < -0.4 is 9.62 Å². The van der Waals surface area contributed by atoms with Crippen LogP contribution in [0.15, 0.2) is 82.3 Å². The molecule has 1 aromatic heterocycles. The average Bonchev–Trinajstić information content (AvgIpc) is 3.21. The zero-order chi connectivity index (χ0) is 20.0. The number of furan rings is 1. The molecule has 0 spiro atoms. The minimum absolute atomic E-state index is 0.0285. The zero-order valence-electron chi connectivity index (χ0n) is 15.5. The number of benzene rings is 2. The summed E-state index contributed by atoms with van der Waals surface area (Å²) in [6.45, 7) is 2.20. The smallest absolute Gasteiger partial charge is 0.264 e. The van der Waals surface area contributed by atoms with Gasteiger partial charge in [-0.1, -0.05) is 35.9 Å². The fourth-order valence-corrected chi connectivity index (χ4v) is 4.18. The minimum Gasteiger partial charge on any atom is -0.467 e. The maximum absolute atomic E-state index is 13.2. The van der Waals surface area contributed by atoms with Gasteiger partial charge in [-0.25, -0.2) is 8.42 Å². The Kier molecular flexibility index (Phi) is 6.16. The van der Waals surface area contributed by atoms with E-state index in [1.807, 2.05) is 13.0 Å². The molecule has 3 rings (SSSR count). The van der Waals surface area contributed by atoms with Crippen molar-refractivity contribution in [3.05, 3.63) is 84.3 Å². The van der Waals surface area contributed by atoms with Gasteiger partial charge in [0, 0.05) is 13.0 Å². The second-order valence-electron chi connectivity index (χ2n) is 6.33. The van der Waals surface area contributed by atoms with Gasteiger partial charge in [-0.05, 0) is 43.3 Å². The van der Waals surface area contributed by atoms with Crippen molar-refractivity contribution >= 4 is 21.6 Å². The summed E-state index contributed by atoms with van der Waals surface area (Å²) >= 11 is 0. The zero-order valence-corrected chi connectivity index (χ0v) is 16.4. The first-order valence-corrected chi connectivity index (χ1v) is 10.3. The summed E-state index contributed by atoms with van der Waals surface area (Å²) in [5.41, 5.74) is 1.49. The van der Waals surface area contributed by atoms with E-state index in [1.54, 1.807) is 60.7 Å². The fraction of sp³-hybridized carbons (Fsp3) is 0.190. The van der Waals surface area contributed by atoms with E-state index in [2.05, 4.69) is 5.32 Å². The van der Waals surface area contributed by atoms with Gasteiger partial charge in [0.25, 0.3) is 10.0 Å². The number of rotatable bonds is 8. The molecule has 0 fully saturated rings. The first-order chi connectivity index (χ1) is 13.5. The lowest BCUT2D eigenvalue weighted by Crippen LogP contribution is -2.35. The van der Waals surface area contributed by atoms with Crippen LogP contribution in [0.25, 0.3) is 0 Å². The van der Waals surface area contributed by atoms with Crippen LogP contribution in [0.4, 0.5) is 5.69 Å². The number of para-hydroxylation sites is 1. The fourth-order valence-electron chi connectivity index (χ4n) is 2.71. The monoisotopic (exact) mass is 398 g/mol. The molecule has 6 nitrogen and oxygen atoms in total. The van der Waals surface area contributed by atoms with Crippen LogP contribution in [0.2, 0.25) is 0 Å². The van der Waals surface area contributed by atoms with Gasteiger partial charge in [0.15, 0.2) is 0 Å². The maximum Gasteiger partial charge on any atom is 0.264 e. The van der Waals surface area contributed by atoms with Crippen LogP contribution in [-0.4, -0.2) is 20.9 Å². The lowest BCUT2D eigenvalue weighted by Gasteiger charge is -2.24. The molecule has 0 saturated heterocycles. The standard InChI is InChI=1S/C21H22N2O4S/c1-17-9-11-20(12-10-17)28(25,26)23(18-6-3-2-4-7-18)14-13-21(24)22-16-19-8-5-15-27-19/h2-12,15H,13-14,16H2,1H3,(H,22,24). The molecular formula is C21H22N2O4S. The second-order valence-corrected chi connectivity index (χ2v) is 8.19. The lowest BCUT2D eigenvalue weighted by molar-refractivity contribution is -0.121. The molecule has 1 heterocycles. The van der Waals surface area contributed by atoms with E-state index in [4.69, 9.17) is 4.42 Å². The molecule has 28 heavy (non-hydrogen) atoms. The van der Waals surface area contributed by atoms with Crippen molar-refractivity contribution in [3.63, 3.8) is 0 Å². The quantitative estimate of drug-likeness (QED) is 0.630. The Hall–Kier alpha value is -3.06. The molecular weight excluding hydrogens is 376 g/mol. The highest BCUT2D eigenvalue weighted by molar-refractivity contribution is 7.92. The minimum atomic E-state index is -3.79. The van der Waals surface area contributed by atoms with E-state index < -0.39 is 10.0 Å². The van der Waals surface area contributed by atoms with Crippen LogP contribution in [0, 0.1) is 6.92 Å². The highest BCUT2D eigenvalue weighted by Crippen LogP contribution is 2.24. The molecule has 0 aliphatic carbocycles. The normalized spacial score (nSPS) is 11.2. The number of aryl methyl sites for hydroxylation is 1. The van der Waals surface area contributed by atoms with Crippen LogP contribution in [0.1, 0.15) is 17.7 Å². The molecule has 1 N–H and O–H groups in total. The van der Waals surface area contributed by atoms with Crippen molar-refractivity contribution in [2.75, 3.05) is 10.8 Å². The summed E-state index contributed by atoms with van der Waals surface area (Å²) in [7, 11) is -3.79. The van der Waals surface area contributed by atoms with Gasteiger partial charge in [0.05, 0.1) is 23.4 Å². The molecule has 3 aromatic rings. The molecule has 0 aliphatic heterocycles. The number of sulfonamides is 1. The maximum atomic E-state index is 13.2. The van der Waals surface area contributed by atoms with Crippen molar-refractivity contribution in [1.82, 2.24) is 5.32 Å². The molecule has 1 amide bonds. The Morgan fingerprint density at radius 2 is 1.71 bits per heavy atom. The number of anilines is 1. The Morgan fingerprint density at radius 1 is 1.00 bits per heavy atom. The SMILES string of the molecule is Cc1ccc(S(=O)(=O)N(CCC(=O)NCc2ccco2)c2ccccc2)cc1. The highest BCUT2D eigenvalue weighted by atomic mass is 32.2. The lowest BCUT2D eigenvalue weighted by atomic mass is 10.2. The number of amides is 1. The Balaban J connectivity index is 1.76. The van der Waals surface area contributed by atoms with Gasteiger partial charge >= 0.3 is 0 Å². The van der Waals surface area contributed by atoms with Crippen LogP contribution in [-0.2, 0) is 21.4 Å². The first kappa shape index (κ1) is 19.7. The summed E-state index contributed by atoms with van der Waals surface area (Å²) in [4.78, 5) is 12.4. The topological polar surface area (TPSA) is 79.6 Å². The highest BCUT2D eigenvalue weighted by Gasteiger charge is 2.25. The molecule has 0 atom stereocenters. The Labute approximate surface area is 164 Å². The number of hydrogen-bond donors (Lipinski definition) is 1. The summed E-state index contributed by atoms with van der Waals surface area (Å²) in [5.74, 6) is 0.386. The third-order valence-electron chi connectivity index (χ3n) is 4.24. The molecule has 0 bridgehead atoms. The summed E-state index contributed by atoms with van der Waals surface area (Å²) in [5, 5.41) is 2.74. The van der Waals surface area contributed by atoms with Crippen molar-refractivity contribution in [1.29, 1.82) is 0 Å². The van der Waals surface area contributed by atoms with Gasteiger partial charge in [-0.2, -0.15) is 0 Å². The predicted molar refractivity (Wildman–Crippen MR) is 107 cm³/mol. The summed E-state index contributed by atoms with van der Waals surface area (Å²) < 4.78 is 32.8. The van der Waals surface area contributed by atoms with E-state index in [0.717, 1.165) is 5.56 Å². The van der Waals surface area contributed by atoms with Crippen LogP contribution in [0.5, 0.6) is 0 Å². The second kappa shape index (κ2) is 8.75. The molecule has 2 aromatic carbocycles. The largest absolute Gasteiger partial charge is 0.467 e. The summed E-state index contributed by atoms with van der Waals surface area (Å²) in [6.07, 6.45) is 1.56. The van der Waals surface area contributed by atoms with Crippen molar-refractivity contribution < 1.29 is 17.6 Å². The van der Waals surface area contributed by atoms with Gasteiger partial charge in [-0.15, -0.1) is 0 Å². The first-order valence-electron chi connectivity index (χ1n) is 8.90. The number of hydrogen-bond acceptors (Lipinski definition) is 4. The van der Waals surface area contributed by atoms with Crippen LogP contribution >= 0.6 is 0 Å². The Morgan fingerprint density at radius 3 is 2.36 bits per heavy atom.